The Kier molecular flexibility index (Phi) is 5.02. The Morgan fingerprint density at radius 2 is 2.07 bits per heavy atom. The summed E-state index contributed by atoms with van der Waals surface area (Å²) in [5, 5.41) is 23.4. The lowest BCUT2D eigenvalue weighted by Crippen LogP contribution is -2.33. The molecule has 0 radical (unpaired) electrons. The smallest absolute Gasteiger partial charge is 0.387 e. The van der Waals surface area contributed by atoms with Gasteiger partial charge in [0.1, 0.15) is 35.1 Å². The summed E-state index contributed by atoms with van der Waals surface area (Å²) in [6.45, 7) is -3.10. The van der Waals surface area contributed by atoms with Crippen molar-refractivity contribution in [3.8, 4) is 18.0 Å². The standard InChI is InChI=1S/C16H11ClF2N8O/c17-6-1-2-9(28-15(18)19)7(3-6)12-10-11(22)8(4-20)13(23)26-14(10)27-16(25-12)24-5-21/h1-3,12,15H,(H6,22,23,24,25,26,27). The number of alkyl halides is 2. The zero-order chi connectivity index (χ0) is 20.4. The fourth-order valence-electron chi connectivity index (χ4n) is 2.74. The van der Waals surface area contributed by atoms with Crippen molar-refractivity contribution in [2.24, 2.45) is 4.99 Å². The molecule has 0 bridgehead atoms. The van der Waals surface area contributed by atoms with E-state index in [9.17, 15) is 14.0 Å². The minimum atomic E-state index is -3.10. The maximum Gasteiger partial charge on any atom is 0.387 e. The number of anilines is 3. The third kappa shape index (κ3) is 3.39. The number of guanidine groups is 1. The lowest BCUT2D eigenvalue weighted by atomic mass is 9.94. The highest BCUT2D eigenvalue weighted by Gasteiger charge is 2.32. The first-order valence-electron chi connectivity index (χ1n) is 7.58. The number of rotatable bonds is 3. The second kappa shape index (κ2) is 7.42. The van der Waals surface area contributed by atoms with E-state index in [1.54, 1.807) is 6.19 Å². The summed E-state index contributed by atoms with van der Waals surface area (Å²) in [6.07, 6.45) is 1.69. The Labute approximate surface area is 162 Å². The van der Waals surface area contributed by atoms with Crippen molar-refractivity contribution in [2.75, 3.05) is 16.8 Å². The average molecular weight is 405 g/mol. The predicted molar refractivity (Wildman–Crippen MR) is 97.5 cm³/mol. The largest absolute Gasteiger partial charge is 0.434 e. The minimum absolute atomic E-state index is 0.0287. The van der Waals surface area contributed by atoms with Crippen LogP contribution >= 0.6 is 11.6 Å². The number of nitrogen functional groups attached to an aromatic ring is 2. The van der Waals surface area contributed by atoms with E-state index in [0.29, 0.717) is 0 Å². The average Bonchev–Trinajstić information content (AvgIpc) is 2.62. The van der Waals surface area contributed by atoms with Crippen molar-refractivity contribution in [1.82, 2.24) is 10.3 Å². The zero-order valence-electron chi connectivity index (χ0n) is 13.9. The van der Waals surface area contributed by atoms with Gasteiger partial charge < -0.3 is 21.5 Å². The third-order valence-electron chi connectivity index (χ3n) is 3.84. The third-order valence-corrected chi connectivity index (χ3v) is 4.08. The summed E-state index contributed by atoms with van der Waals surface area (Å²) in [5.74, 6) is -0.265. The van der Waals surface area contributed by atoms with Gasteiger partial charge in [0.25, 0.3) is 0 Å². The summed E-state index contributed by atoms with van der Waals surface area (Å²) in [4.78, 5) is 8.35. The van der Waals surface area contributed by atoms with Gasteiger partial charge in [-0.25, -0.2) is 9.98 Å². The van der Waals surface area contributed by atoms with Crippen LogP contribution in [-0.2, 0) is 0 Å². The molecule has 0 spiro atoms. The van der Waals surface area contributed by atoms with E-state index in [1.807, 2.05) is 6.07 Å². The molecule has 0 saturated carbocycles. The monoisotopic (exact) mass is 404 g/mol. The van der Waals surface area contributed by atoms with Gasteiger partial charge in [-0.1, -0.05) is 11.6 Å². The van der Waals surface area contributed by atoms with E-state index in [1.165, 1.54) is 18.2 Å². The van der Waals surface area contributed by atoms with E-state index in [0.717, 1.165) is 0 Å². The zero-order valence-corrected chi connectivity index (χ0v) is 14.6. The molecule has 2 aromatic rings. The number of hydrogen-bond donors (Lipinski definition) is 4. The quantitative estimate of drug-likeness (QED) is 0.448. The molecule has 6 N–H and O–H groups in total. The molecule has 28 heavy (non-hydrogen) atoms. The van der Waals surface area contributed by atoms with Crippen LogP contribution in [0.15, 0.2) is 23.2 Å². The first-order valence-corrected chi connectivity index (χ1v) is 7.96. The lowest BCUT2D eigenvalue weighted by Gasteiger charge is -2.27. The fourth-order valence-corrected chi connectivity index (χ4v) is 2.92. The van der Waals surface area contributed by atoms with Crippen LogP contribution in [-0.4, -0.2) is 17.6 Å². The molecule has 0 aliphatic carbocycles. The molecule has 1 aromatic heterocycles. The van der Waals surface area contributed by atoms with E-state index in [-0.39, 0.29) is 50.7 Å². The van der Waals surface area contributed by atoms with Crippen LogP contribution in [0.3, 0.4) is 0 Å². The molecule has 1 atom stereocenters. The molecule has 1 unspecified atom stereocenters. The molecule has 1 aliphatic rings. The van der Waals surface area contributed by atoms with Crippen molar-refractivity contribution >= 4 is 34.9 Å². The van der Waals surface area contributed by atoms with Gasteiger partial charge in [0.2, 0.25) is 5.96 Å². The van der Waals surface area contributed by atoms with E-state index < -0.39 is 12.7 Å². The minimum Gasteiger partial charge on any atom is -0.434 e. The molecule has 1 aromatic carbocycles. The van der Waals surface area contributed by atoms with Gasteiger partial charge >= 0.3 is 6.61 Å². The topological polar surface area (TPSA) is 158 Å². The number of nitrogens with two attached hydrogens (primary N) is 2. The number of nitrogens with zero attached hydrogens (tertiary/aromatic N) is 4. The summed E-state index contributed by atoms with van der Waals surface area (Å²) in [6, 6.07) is 4.78. The van der Waals surface area contributed by atoms with Crippen LogP contribution in [0.1, 0.15) is 22.7 Å². The SMILES string of the molecule is N#CNC1=NC(c2cc(Cl)ccc2OC(F)F)c2c(nc(N)c(C#N)c2N)N1. The summed E-state index contributed by atoms with van der Waals surface area (Å²) < 4.78 is 30.3. The molecule has 3 rings (SSSR count). The number of ether oxygens (including phenoxy) is 1. The highest BCUT2D eigenvalue weighted by atomic mass is 35.5. The molecule has 9 nitrogen and oxygen atoms in total. The van der Waals surface area contributed by atoms with Gasteiger partial charge in [-0.15, -0.1) is 0 Å². The van der Waals surface area contributed by atoms with Gasteiger partial charge in [-0.05, 0) is 18.2 Å². The van der Waals surface area contributed by atoms with Crippen LogP contribution in [0.2, 0.25) is 5.02 Å². The highest BCUT2D eigenvalue weighted by molar-refractivity contribution is 6.30. The Morgan fingerprint density at radius 1 is 1.32 bits per heavy atom. The van der Waals surface area contributed by atoms with Crippen LogP contribution < -0.4 is 26.8 Å². The van der Waals surface area contributed by atoms with Gasteiger partial charge in [-0.3, -0.25) is 5.32 Å². The number of aliphatic imine (C=N–C) groups is 1. The number of aromatic nitrogens is 1. The van der Waals surface area contributed by atoms with Gasteiger partial charge in [0, 0.05) is 16.1 Å². The number of benzene rings is 1. The maximum atomic E-state index is 12.9. The van der Waals surface area contributed by atoms with Crippen LogP contribution in [0, 0.1) is 22.8 Å². The van der Waals surface area contributed by atoms with Crippen molar-refractivity contribution in [3.63, 3.8) is 0 Å². The predicted octanol–water partition coefficient (Wildman–Crippen LogP) is 2.31. The van der Waals surface area contributed by atoms with Crippen LogP contribution in [0.25, 0.3) is 0 Å². The van der Waals surface area contributed by atoms with Crippen LogP contribution in [0.5, 0.6) is 5.75 Å². The number of pyridine rings is 1. The van der Waals surface area contributed by atoms with Gasteiger partial charge in [0.15, 0.2) is 6.19 Å². The Morgan fingerprint density at radius 3 is 2.71 bits per heavy atom. The molecule has 1 aliphatic heterocycles. The van der Waals surface area contributed by atoms with E-state index in [2.05, 4.69) is 25.3 Å². The molecule has 0 amide bonds. The van der Waals surface area contributed by atoms with Crippen molar-refractivity contribution in [3.05, 3.63) is 39.9 Å². The van der Waals surface area contributed by atoms with Gasteiger partial charge in [0.05, 0.1) is 5.69 Å². The molecular formula is C16H11ClF2N8O. The summed E-state index contributed by atoms with van der Waals surface area (Å²) in [5.41, 5.74) is 12.1. The molecule has 0 fully saturated rings. The summed E-state index contributed by atoms with van der Waals surface area (Å²) >= 11 is 6.03. The normalized spacial score (nSPS) is 14.9. The molecule has 142 valence electrons. The number of nitrogens with one attached hydrogen (secondary N) is 2. The number of halogens is 3. The lowest BCUT2D eigenvalue weighted by molar-refractivity contribution is -0.0505. The Balaban J connectivity index is 2.28. The number of fused-ring (bicyclic) bond motifs is 1. The van der Waals surface area contributed by atoms with Gasteiger partial charge in [-0.2, -0.15) is 19.3 Å². The fraction of sp³-hybridized carbons (Fsp3) is 0.125. The van der Waals surface area contributed by atoms with Crippen molar-refractivity contribution in [2.45, 2.75) is 12.7 Å². The number of nitriles is 2. The second-order valence-corrected chi connectivity index (χ2v) is 5.90. The maximum absolute atomic E-state index is 12.9. The van der Waals surface area contributed by atoms with Crippen molar-refractivity contribution in [1.29, 1.82) is 10.5 Å². The molecule has 0 saturated heterocycles. The molecule has 12 heteroatoms. The molecule has 2 heterocycles. The number of hydrogen-bond acceptors (Lipinski definition) is 9. The van der Waals surface area contributed by atoms with E-state index >= 15 is 0 Å². The van der Waals surface area contributed by atoms with Crippen LogP contribution in [0.4, 0.5) is 26.1 Å². The second-order valence-electron chi connectivity index (χ2n) is 5.46. The first kappa shape index (κ1) is 18.9. The highest BCUT2D eigenvalue weighted by Crippen LogP contribution is 2.44. The van der Waals surface area contributed by atoms with Crippen molar-refractivity contribution < 1.29 is 13.5 Å². The Hall–Kier alpha value is -3.83. The summed E-state index contributed by atoms with van der Waals surface area (Å²) in [7, 11) is 0. The Bertz CT molecular complexity index is 1060. The first-order chi connectivity index (χ1) is 13.3. The molecular weight excluding hydrogens is 394 g/mol. The van der Waals surface area contributed by atoms with E-state index in [4.69, 9.17) is 28.3 Å².